The largest absolute Gasteiger partial charge is 0.330 e. The third kappa shape index (κ3) is 4.13. The maximum Gasteiger partial charge on any atom is -0.00773 e. The van der Waals surface area contributed by atoms with Crippen LogP contribution in [0.4, 0.5) is 0 Å². The molecule has 1 nitrogen and oxygen atoms in total. The molecule has 2 N–H and O–H groups in total. The van der Waals surface area contributed by atoms with Crippen molar-refractivity contribution in [3.63, 3.8) is 0 Å². The highest BCUT2D eigenvalue weighted by atomic mass is 14.5. The molecule has 0 radical (unpaired) electrons. The van der Waals surface area contributed by atoms with E-state index in [1.165, 1.54) is 36.0 Å². The molecule has 18 heavy (non-hydrogen) atoms. The highest BCUT2D eigenvalue weighted by Gasteiger charge is 2.15. The standard InChI is InChI=1S/C17H29N/c1-13-11-15(17(3,4)5)12-14(2)16(13)9-7-6-8-10-18/h11-12H,6-10,18H2,1-5H3. The fourth-order valence-corrected chi connectivity index (χ4v) is 2.44. The summed E-state index contributed by atoms with van der Waals surface area (Å²) in [7, 11) is 0. The quantitative estimate of drug-likeness (QED) is 0.772. The topological polar surface area (TPSA) is 26.0 Å². The average molecular weight is 247 g/mol. The van der Waals surface area contributed by atoms with Crippen LogP contribution in [0.3, 0.4) is 0 Å². The molecular formula is C17H29N. The fourth-order valence-electron chi connectivity index (χ4n) is 2.44. The van der Waals surface area contributed by atoms with Gasteiger partial charge in [0.2, 0.25) is 0 Å². The summed E-state index contributed by atoms with van der Waals surface area (Å²) in [5, 5.41) is 0. The van der Waals surface area contributed by atoms with Gasteiger partial charge in [0.05, 0.1) is 0 Å². The molecule has 1 heteroatoms. The van der Waals surface area contributed by atoms with Crippen LogP contribution in [-0.4, -0.2) is 6.54 Å². The molecule has 0 aliphatic carbocycles. The van der Waals surface area contributed by atoms with E-state index in [0.717, 1.165) is 13.0 Å². The summed E-state index contributed by atoms with van der Waals surface area (Å²) in [6.07, 6.45) is 4.85. The number of hydrogen-bond acceptors (Lipinski definition) is 1. The number of benzene rings is 1. The summed E-state index contributed by atoms with van der Waals surface area (Å²) in [4.78, 5) is 0. The SMILES string of the molecule is Cc1cc(C(C)(C)C)cc(C)c1CCCCCN. The van der Waals surface area contributed by atoms with Gasteiger partial charge in [0.15, 0.2) is 0 Å². The summed E-state index contributed by atoms with van der Waals surface area (Å²) in [6.45, 7) is 12.2. The van der Waals surface area contributed by atoms with Crippen LogP contribution in [0, 0.1) is 13.8 Å². The molecule has 0 fully saturated rings. The van der Waals surface area contributed by atoms with E-state index in [0.29, 0.717) is 0 Å². The van der Waals surface area contributed by atoms with Crippen molar-refractivity contribution in [1.29, 1.82) is 0 Å². The molecule has 102 valence electrons. The maximum absolute atomic E-state index is 5.54. The lowest BCUT2D eigenvalue weighted by atomic mass is 9.83. The van der Waals surface area contributed by atoms with Crippen LogP contribution in [0.5, 0.6) is 0 Å². The molecule has 0 saturated heterocycles. The Morgan fingerprint density at radius 3 is 1.94 bits per heavy atom. The van der Waals surface area contributed by atoms with E-state index in [1.807, 2.05) is 0 Å². The molecule has 0 amide bonds. The summed E-state index contributed by atoms with van der Waals surface area (Å²) >= 11 is 0. The predicted octanol–water partition coefficient (Wildman–Crippen LogP) is 4.27. The number of unbranched alkanes of at least 4 members (excludes halogenated alkanes) is 2. The van der Waals surface area contributed by atoms with E-state index in [9.17, 15) is 0 Å². The Hall–Kier alpha value is -0.820. The highest BCUT2D eigenvalue weighted by Crippen LogP contribution is 2.27. The lowest BCUT2D eigenvalue weighted by Crippen LogP contribution is -2.12. The maximum atomic E-state index is 5.54. The number of rotatable bonds is 5. The van der Waals surface area contributed by atoms with E-state index >= 15 is 0 Å². The minimum Gasteiger partial charge on any atom is -0.330 e. The van der Waals surface area contributed by atoms with Crippen LogP contribution in [0.1, 0.15) is 62.3 Å². The van der Waals surface area contributed by atoms with Gasteiger partial charge in [-0.2, -0.15) is 0 Å². The molecule has 0 heterocycles. The third-order valence-electron chi connectivity index (χ3n) is 3.69. The molecule has 1 aromatic rings. The van der Waals surface area contributed by atoms with Crippen LogP contribution in [-0.2, 0) is 11.8 Å². The van der Waals surface area contributed by atoms with Crippen LogP contribution >= 0.6 is 0 Å². The van der Waals surface area contributed by atoms with Crippen molar-refractivity contribution in [2.45, 2.75) is 65.7 Å². The van der Waals surface area contributed by atoms with Crippen molar-refractivity contribution in [3.8, 4) is 0 Å². The Morgan fingerprint density at radius 2 is 1.50 bits per heavy atom. The lowest BCUT2D eigenvalue weighted by Gasteiger charge is -2.22. The van der Waals surface area contributed by atoms with Gasteiger partial charge >= 0.3 is 0 Å². The monoisotopic (exact) mass is 247 g/mol. The molecule has 0 atom stereocenters. The molecule has 1 rings (SSSR count). The molecule has 0 aliphatic heterocycles. The Balaban J connectivity index is 2.82. The van der Waals surface area contributed by atoms with Crippen LogP contribution in [0.2, 0.25) is 0 Å². The van der Waals surface area contributed by atoms with E-state index in [1.54, 1.807) is 5.56 Å². The van der Waals surface area contributed by atoms with Crippen molar-refractivity contribution < 1.29 is 0 Å². The summed E-state index contributed by atoms with van der Waals surface area (Å²) < 4.78 is 0. The van der Waals surface area contributed by atoms with Crippen molar-refractivity contribution in [2.75, 3.05) is 6.54 Å². The summed E-state index contributed by atoms with van der Waals surface area (Å²) in [5.41, 5.74) is 11.7. The number of aryl methyl sites for hydroxylation is 2. The smallest absolute Gasteiger partial charge is 0.00773 e. The third-order valence-corrected chi connectivity index (χ3v) is 3.69. The lowest BCUT2D eigenvalue weighted by molar-refractivity contribution is 0.588. The zero-order valence-electron chi connectivity index (χ0n) is 12.8. The first-order valence-corrected chi connectivity index (χ1v) is 7.17. The van der Waals surface area contributed by atoms with E-state index < -0.39 is 0 Å². The van der Waals surface area contributed by atoms with E-state index in [2.05, 4.69) is 46.8 Å². The predicted molar refractivity (Wildman–Crippen MR) is 81.2 cm³/mol. The van der Waals surface area contributed by atoms with E-state index in [4.69, 9.17) is 5.73 Å². The number of nitrogens with two attached hydrogens (primary N) is 1. The van der Waals surface area contributed by atoms with Crippen LogP contribution in [0.15, 0.2) is 12.1 Å². The molecule has 0 spiro atoms. The molecular weight excluding hydrogens is 218 g/mol. The fraction of sp³-hybridized carbons (Fsp3) is 0.647. The van der Waals surface area contributed by atoms with Gasteiger partial charge in [0.25, 0.3) is 0 Å². The number of hydrogen-bond donors (Lipinski definition) is 1. The first kappa shape index (κ1) is 15.2. The minimum atomic E-state index is 0.244. The summed E-state index contributed by atoms with van der Waals surface area (Å²) in [6, 6.07) is 4.73. The highest BCUT2D eigenvalue weighted by molar-refractivity contribution is 5.40. The van der Waals surface area contributed by atoms with Crippen LogP contribution < -0.4 is 5.73 Å². The Morgan fingerprint density at radius 1 is 0.944 bits per heavy atom. The molecule has 0 saturated carbocycles. The van der Waals surface area contributed by atoms with Gasteiger partial charge in [-0.05, 0) is 67.3 Å². The van der Waals surface area contributed by atoms with Gasteiger partial charge in [-0.3, -0.25) is 0 Å². The molecule has 1 aromatic carbocycles. The molecule has 0 aliphatic rings. The van der Waals surface area contributed by atoms with Gasteiger partial charge in [-0.25, -0.2) is 0 Å². The Labute approximate surface area is 113 Å². The van der Waals surface area contributed by atoms with Gasteiger partial charge in [0, 0.05) is 0 Å². The van der Waals surface area contributed by atoms with E-state index in [-0.39, 0.29) is 5.41 Å². The van der Waals surface area contributed by atoms with Gasteiger partial charge in [-0.15, -0.1) is 0 Å². The molecule has 0 unspecified atom stereocenters. The first-order chi connectivity index (χ1) is 8.36. The van der Waals surface area contributed by atoms with Crippen molar-refractivity contribution in [1.82, 2.24) is 0 Å². The second kappa shape index (κ2) is 6.38. The second-order valence-electron chi connectivity index (χ2n) is 6.44. The van der Waals surface area contributed by atoms with Gasteiger partial charge in [-0.1, -0.05) is 39.3 Å². The van der Waals surface area contributed by atoms with Crippen molar-refractivity contribution in [2.24, 2.45) is 5.73 Å². The Kier molecular flexibility index (Phi) is 5.40. The van der Waals surface area contributed by atoms with Gasteiger partial charge in [0.1, 0.15) is 0 Å². The zero-order valence-corrected chi connectivity index (χ0v) is 12.8. The second-order valence-corrected chi connectivity index (χ2v) is 6.44. The van der Waals surface area contributed by atoms with Crippen LogP contribution in [0.25, 0.3) is 0 Å². The van der Waals surface area contributed by atoms with Crippen molar-refractivity contribution in [3.05, 3.63) is 34.4 Å². The van der Waals surface area contributed by atoms with Crippen molar-refractivity contribution >= 4 is 0 Å². The normalized spacial score (nSPS) is 11.9. The zero-order chi connectivity index (χ0) is 13.8. The Bertz CT molecular complexity index is 362. The minimum absolute atomic E-state index is 0.244. The summed E-state index contributed by atoms with van der Waals surface area (Å²) in [5.74, 6) is 0. The molecule has 0 bridgehead atoms. The van der Waals surface area contributed by atoms with Gasteiger partial charge < -0.3 is 5.73 Å². The first-order valence-electron chi connectivity index (χ1n) is 7.17. The average Bonchev–Trinajstić information content (AvgIpc) is 2.25. The molecule has 0 aromatic heterocycles.